The largest absolute Gasteiger partial charge is 0.351 e. The van der Waals surface area contributed by atoms with Gasteiger partial charge in [0.2, 0.25) is 0 Å². The van der Waals surface area contributed by atoms with Gasteiger partial charge in [-0.15, -0.1) is 0 Å². The highest BCUT2D eigenvalue weighted by Crippen LogP contribution is 2.21. The van der Waals surface area contributed by atoms with E-state index in [-0.39, 0.29) is 11.8 Å². The summed E-state index contributed by atoms with van der Waals surface area (Å²) in [6, 6.07) is 10.6. The minimum atomic E-state index is -0.204. The molecule has 0 radical (unpaired) electrons. The van der Waals surface area contributed by atoms with E-state index >= 15 is 0 Å². The summed E-state index contributed by atoms with van der Waals surface area (Å²) in [6.07, 6.45) is 9.22. The molecule has 1 aromatic heterocycles. The Bertz CT molecular complexity index is 889. The second kappa shape index (κ2) is 10.1. The maximum Gasteiger partial charge on any atom is 0.290 e. The van der Waals surface area contributed by atoms with Gasteiger partial charge in [0.25, 0.3) is 11.8 Å². The highest BCUT2D eigenvalue weighted by Gasteiger charge is 2.28. The van der Waals surface area contributed by atoms with Crippen LogP contribution >= 0.6 is 0 Å². The maximum absolute atomic E-state index is 12.8. The Morgan fingerprint density at radius 3 is 2.71 bits per heavy atom. The number of carbonyl (C=O) groups excluding carboxylic acids is 2. The number of nitrogens with zero attached hydrogens (tertiary/aromatic N) is 4. The van der Waals surface area contributed by atoms with E-state index in [0.717, 1.165) is 18.5 Å². The maximum atomic E-state index is 12.8. The summed E-state index contributed by atoms with van der Waals surface area (Å²) < 4.78 is 1.80. The SMILES string of the molecule is CN(CCCNC(=O)c1cn2c(n1)C(=O)N(Cc1ccccc1)CC2)C1CCCCC1. The molecule has 166 valence electrons. The lowest BCUT2D eigenvalue weighted by atomic mass is 9.94. The number of rotatable bonds is 8. The molecule has 4 rings (SSSR count). The van der Waals surface area contributed by atoms with Crippen molar-refractivity contribution in [3.63, 3.8) is 0 Å². The molecule has 0 bridgehead atoms. The Kier molecular flexibility index (Phi) is 7.02. The number of amides is 2. The standard InChI is InChI=1S/C24H33N5O2/c1-27(20-11-6-3-7-12-20)14-8-13-25-23(30)21-18-28-15-16-29(24(31)22(28)26-21)17-19-9-4-2-5-10-19/h2,4-5,9-10,18,20H,3,6-8,11-17H2,1H3,(H,25,30). The van der Waals surface area contributed by atoms with Crippen LogP contribution in [0.2, 0.25) is 0 Å². The van der Waals surface area contributed by atoms with Crippen LogP contribution in [0.4, 0.5) is 0 Å². The lowest BCUT2D eigenvalue weighted by Crippen LogP contribution is -2.39. The number of aromatic nitrogens is 2. The third-order valence-corrected chi connectivity index (χ3v) is 6.49. The number of carbonyl (C=O) groups is 2. The summed E-state index contributed by atoms with van der Waals surface area (Å²) >= 11 is 0. The molecule has 7 heteroatoms. The van der Waals surface area contributed by atoms with Crippen LogP contribution < -0.4 is 5.32 Å². The van der Waals surface area contributed by atoms with Crippen molar-refractivity contribution in [1.29, 1.82) is 0 Å². The third-order valence-electron chi connectivity index (χ3n) is 6.49. The van der Waals surface area contributed by atoms with Crippen LogP contribution in [0.3, 0.4) is 0 Å². The molecule has 0 unspecified atom stereocenters. The number of benzene rings is 1. The molecule has 0 atom stereocenters. The Hall–Kier alpha value is -2.67. The van der Waals surface area contributed by atoms with Crippen molar-refractivity contribution in [2.75, 3.05) is 26.7 Å². The summed E-state index contributed by atoms with van der Waals surface area (Å²) in [6.45, 7) is 3.43. The van der Waals surface area contributed by atoms with E-state index in [1.54, 1.807) is 15.7 Å². The average Bonchev–Trinajstić information content (AvgIpc) is 3.25. The van der Waals surface area contributed by atoms with Crippen molar-refractivity contribution >= 4 is 11.8 Å². The fourth-order valence-electron chi connectivity index (χ4n) is 4.62. The molecular weight excluding hydrogens is 390 g/mol. The zero-order chi connectivity index (χ0) is 21.6. The second-order valence-electron chi connectivity index (χ2n) is 8.74. The predicted octanol–water partition coefficient (Wildman–Crippen LogP) is 2.92. The van der Waals surface area contributed by atoms with Crippen molar-refractivity contribution in [3.8, 4) is 0 Å². The van der Waals surface area contributed by atoms with Gasteiger partial charge in [-0.3, -0.25) is 9.59 Å². The van der Waals surface area contributed by atoms with Gasteiger partial charge >= 0.3 is 0 Å². The molecule has 31 heavy (non-hydrogen) atoms. The number of nitrogens with one attached hydrogen (secondary N) is 1. The molecule has 2 aromatic rings. The van der Waals surface area contributed by atoms with E-state index < -0.39 is 0 Å². The van der Waals surface area contributed by atoms with Crippen LogP contribution in [0.25, 0.3) is 0 Å². The van der Waals surface area contributed by atoms with Crippen LogP contribution in [0.1, 0.15) is 65.2 Å². The van der Waals surface area contributed by atoms with Crippen molar-refractivity contribution < 1.29 is 9.59 Å². The van der Waals surface area contributed by atoms with Gasteiger partial charge in [-0.2, -0.15) is 0 Å². The predicted molar refractivity (Wildman–Crippen MR) is 120 cm³/mol. The number of fused-ring (bicyclic) bond motifs is 1. The fourth-order valence-corrected chi connectivity index (χ4v) is 4.62. The fraction of sp³-hybridized carbons (Fsp3) is 0.542. The van der Waals surface area contributed by atoms with E-state index in [2.05, 4.69) is 22.2 Å². The van der Waals surface area contributed by atoms with Gasteiger partial charge in [-0.1, -0.05) is 49.6 Å². The molecule has 1 N–H and O–H groups in total. The first-order valence-corrected chi connectivity index (χ1v) is 11.5. The first kappa shape index (κ1) is 21.6. The zero-order valence-corrected chi connectivity index (χ0v) is 18.4. The lowest BCUT2D eigenvalue weighted by molar-refractivity contribution is 0.0683. The van der Waals surface area contributed by atoms with E-state index in [0.29, 0.717) is 43.7 Å². The molecule has 2 amide bonds. The van der Waals surface area contributed by atoms with E-state index in [1.807, 2.05) is 30.3 Å². The molecule has 0 spiro atoms. The summed E-state index contributed by atoms with van der Waals surface area (Å²) in [4.78, 5) is 34.0. The third kappa shape index (κ3) is 5.34. The molecule has 2 heterocycles. The van der Waals surface area contributed by atoms with Crippen molar-refractivity contribution in [3.05, 3.63) is 53.6 Å². The van der Waals surface area contributed by atoms with Gasteiger partial charge in [-0.25, -0.2) is 4.98 Å². The van der Waals surface area contributed by atoms with Crippen LogP contribution in [-0.4, -0.2) is 63.9 Å². The lowest BCUT2D eigenvalue weighted by Gasteiger charge is -2.31. The molecular formula is C24H33N5O2. The van der Waals surface area contributed by atoms with Crippen LogP contribution in [-0.2, 0) is 13.1 Å². The molecule has 2 aliphatic rings. The second-order valence-corrected chi connectivity index (χ2v) is 8.74. The highest BCUT2D eigenvalue weighted by molar-refractivity contribution is 5.96. The normalized spacial score (nSPS) is 17.1. The van der Waals surface area contributed by atoms with E-state index in [1.165, 1.54) is 32.1 Å². The number of hydrogen-bond donors (Lipinski definition) is 1. The van der Waals surface area contributed by atoms with Gasteiger partial charge in [0.15, 0.2) is 5.82 Å². The van der Waals surface area contributed by atoms with E-state index in [9.17, 15) is 9.59 Å². The van der Waals surface area contributed by atoms with Crippen LogP contribution in [0.15, 0.2) is 36.5 Å². The van der Waals surface area contributed by atoms with Crippen LogP contribution in [0, 0.1) is 0 Å². The Morgan fingerprint density at radius 2 is 1.94 bits per heavy atom. The van der Waals surface area contributed by atoms with Crippen molar-refractivity contribution in [2.24, 2.45) is 0 Å². The van der Waals surface area contributed by atoms with Gasteiger partial charge in [0.1, 0.15) is 5.69 Å². The number of imidazole rings is 1. The quantitative estimate of drug-likeness (QED) is 0.663. The summed E-state index contributed by atoms with van der Waals surface area (Å²) in [5.41, 5.74) is 1.41. The molecule has 1 aromatic carbocycles. The van der Waals surface area contributed by atoms with Gasteiger partial charge in [-0.05, 0) is 38.4 Å². The van der Waals surface area contributed by atoms with Gasteiger partial charge < -0.3 is 19.7 Å². The monoisotopic (exact) mass is 423 g/mol. The Labute approximate surface area is 184 Å². The molecule has 1 aliphatic heterocycles. The summed E-state index contributed by atoms with van der Waals surface area (Å²) in [5, 5.41) is 2.97. The molecule has 1 saturated carbocycles. The zero-order valence-electron chi connectivity index (χ0n) is 18.4. The average molecular weight is 424 g/mol. The first-order valence-electron chi connectivity index (χ1n) is 11.5. The first-order chi connectivity index (χ1) is 15.1. The Balaban J connectivity index is 1.27. The van der Waals surface area contributed by atoms with E-state index in [4.69, 9.17) is 0 Å². The highest BCUT2D eigenvalue weighted by atomic mass is 16.2. The van der Waals surface area contributed by atoms with Gasteiger partial charge in [0.05, 0.1) is 0 Å². The Morgan fingerprint density at radius 1 is 1.16 bits per heavy atom. The van der Waals surface area contributed by atoms with Gasteiger partial charge in [0, 0.05) is 38.4 Å². The topological polar surface area (TPSA) is 70.5 Å². The smallest absolute Gasteiger partial charge is 0.290 e. The molecule has 1 aliphatic carbocycles. The minimum Gasteiger partial charge on any atom is -0.351 e. The molecule has 0 saturated heterocycles. The summed E-state index contributed by atoms with van der Waals surface area (Å²) in [7, 11) is 2.19. The molecule has 1 fully saturated rings. The van der Waals surface area contributed by atoms with Crippen molar-refractivity contribution in [1.82, 2.24) is 24.7 Å². The molecule has 7 nitrogen and oxygen atoms in total. The summed E-state index contributed by atoms with van der Waals surface area (Å²) in [5.74, 6) is 0.0252. The minimum absolute atomic E-state index is 0.122. The van der Waals surface area contributed by atoms with Crippen LogP contribution in [0.5, 0.6) is 0 Å². The number of hydrogen-bond acceptors (Lipinski definition) is 4. The van der Waals surface area contributed by atoms with Crippen molar-refractivity contribution in [2.45, 2.75) is 57.7 Å².